The first kappa shape index (κ1) is 15.0. The van der Waals surface area contributed by atoms with Gasteiger partial charge in [0.2, 0.25) is 0 Å². The summed E-state index contributed by atoms with van der Waals surface area (Å²) in [6.45, 7) is 1.97. The summed E-state index contributed by atoms with van der Waals surface area (Å²) in [4.78, 5) is 27.1. The largest absolute Gasteiger partial charge is 0.469 e. The van der Waals surface area contributed by atoms with Crippen LogP contribution in [0.15, 0.2) is 29.6 Å². The van der Waals surface area contributed by atoms with E-state index in [9.17, 15) is 9.59 Å². The van der Waals surface area contributed by atoms with Crippen molar-refractivity contribution in [2.45, 2.75) is 13.3 Å². The molecule has 2 rings (SSSR count). The maximum Gasteiger partial charge on any atom is 0.325 e. The second-order valence-electron chi connectivity index (χ2n) is 4.34. The SMILES string of the molecule is COC(=O)Cc1csc(NC(=O)Nc2ccc(C)cc2)n1. The summed E-state index contributed by atoms with van der Waals surface area (Å²) in [7, 11) is 1.32. The molecule has 0 atom stereocenters. The topological polar surface area (TPSA) is 80.3 Å². The highest BCUT2D eigenvalue weighted by Gasteiger charge is 2.09. The summed E-state index contributed by atoms with van der Waals surface area (Å²) in [5.41, 5.74) is 2.38. The smallest absolute Gasteiger partial charge is 0.325 e. The molecule has 0 unspecified atom stereocenters. The second kappa shape index (κ2) is 6.85. The first-order valence-corrected chi connectivity index (χ1v) is 7.10. The van der Waals surface area contributed by atoms with E-state index >= 15 is 0 Å². The Morgan fingerprint density at radius 2 is 1.95 bits per heavy atom. The maximum absolute atomic E-state index is 11.8. The third-order valence-corrected chi connectivity index (χ3v) is 3.44. The number of thiazole rings is 1. The number of esters is 1. The Balaban J connectivity index is 1.90. The first-order chi connectivity index (χ1) is 10.1. The summed E-state index contributed by atoms with van der Waals surface area (Å²) in [5, 5.41) is 7.46. The zero-order chi connectivity index (χ0) is 15.2. The number of methoxy groups -OCH3 is 1. The number of anilines is 2. The number of aryl methyl sites for hydroxylation is 1. The van der Waals surface area contributed by atoms with Crippen LogP contribution in [0, 0.1) is 6.92 Å². The molecule has 1 aromatic heterocycles. The van der Waals surface area contributed by atoms with Crippen LogP contribution in [0.4, 0.5) is 15.6 Å². The van der Waals surface area contributed by atoms with Gasteiger partial charge in [0.25, 0.3) is 0 Å². The lowest BCUT2D eigenvalue weighted by Gasteiger charge is -2.05. The number of benzene rings is 1. The van der Waals surface area contributed by atoms with E-state index in [1.54, 1.807) is 5.38 Å². The molecule has 2 amide bonds. The van der Waals surface area contributed by atoms with Gasteiger partial charge >= 0.3 is 12.0 Å². The summed E-state index contributed by atoms with van der Waals surface area (Å²) in [5.74, 6) is -0.365. The van der Waals surface area contributed by atoms with Gasteiger partial charge in [0, 0.05) is 11.1 Å². The molecule has 0 saturated carbocycles. The minimum Gasteiger partial charge on any atom is -0.469 e. The second-order valence-corrected chi connectivity index (χ2v) is 5.20. The van der Waals surface area contributed by atoms with Crippen molar-refractivity contribution >= 4 is 34.2 Å². The number of hydrogen-bond donors (Lipinski definition) is 2. The molecular weight excluding hydrogens is 290 g/mol. The summed E-state index contributed by atoms with van der Waals surface area (Å²) < 4.78 is 4.56. The predicted molar refractivity (Wildman–Crippen MR) is 81.7 cm³/mol. The molecule has 0 aliphatic carbocycles. The van der Waals surface area contributed by atoms with E-state index in [1.807, 2.05) is 31.2 Å². The van der Waals surface area contributed by atoms with Crippen molar-refractivity contribution in [3.63, 3.8) is 0 Å². The van der Waals surface area contributed by atoms with Crippen LogP contribution < -0.4 is 10.6 Å². The zero-order valence-corrected chi connectivity index (χ0v) is 12.5. The minimum absolute atomic E-state index is 0.0915. The lowest BCUT2D eigenvalue weighted by molar-refractivity contribution is -0.139. The number of ether oxygens (including phenoxy) is 1. The number of aromatic nitrogens is 1. The van der Waals surface area contributed by atoms with Crippen molar-refractivity contribution in [2.24, 2.45) is 0 Å². The fourth-order valence-corrected chi connectivity index (χ4v) is 2.27. The molecule has 7 heteroatoms. The standard InChI is InChI=1S/C14H15N3O3S/c1-9-3-5-10(6-4-9)15-13(19)17-14-16-11(8-21-14)7-12(18)20-2/h3-6,8H,7H2,1-2H3,(H2,15,16,17,19). The number of nitrogens with zero attached hydrogens (tertiary/aromatic N) is 1. The Labute approximate surface area is 126 Å². The van der Waals surface area contributed by atoms with Crippen LogP contribution >= 0.6 is 11.3 Å². The summed E-state index contributed by atoms with van der Waals surface area (Å²) in [6.07, 6.45) is 0.0915. The molecule has 0 fully saturated rings. The van der Waals surface area contributed by atoms with E-state index in [1.165, 1.54) is 18.4 Å². The molecular formula is C14H15N3O3S. The predicted octanol–water partition coefficient (Wildman–Crippen LogP) is 2.81. The lowest BCUT2D eigenvalue weighted by Crippen LogP contribution is -2.19. The van der Waals surface area contributed by atoms with Crippen molar-refractivity contribution in [1.29, 1.82) is 0 Å². The normalized spacial score (nSPS) is 10.0. The number of rotatable bonds is 4. The molecule has 0 aliphatic heterocycles. The number of carbonyl (C=O) groups excluding carboxylic acids is 2. The van der Waals surface area contributed by atoms with Crippen LogP contribution in [-0.2, 0) is 16.0 Å². The fourth-order valence-electron chi connectivity index (χ4n) is 1.56. The third kappa shape index (κ3) is 4.57. The number of carbonyl (C=O) groups is 2. The molecule has 6 nitrogen and oxygen atoms in total. The fraction of sp³-hybridized carbons (Fsp3) is 0.214. The van der Waals surface area contributed by atoms with Crippen LogP contribution in [0.2, 0.25) is 0 Å². The average Bonchev–Trinajstić information content (AvgIpc) is 2.88. The van der Waals surface area contributed by atoms with E-state index in [0.717, 1.165) is 5.56 Å². The summed E-state index contributed by atoms with van der Waals surface area (Å²) in [6, 6.07) is 7.08. The Morgan fingerprint density at radius 1 is 1.24 bits per heavy atom. The van der Waals surface area contributed by atoms with Crippen LogP contribution in [-0.4, -0.2) is 24.1 Å². The molecule has 110 valence electrons. The highest BCUT2D eigenvalue weighted by Crippen LogP contribution is 2.17. The van der Waals surface area contributed by atoms with E-state index in [-0.39, 0.29) is 18.4 Å². The van der Waals surface area contributed by atoms with Gasteiger partial charge in [-0.25, -0.2) is 9.78 Å². The molecule has 0 bridgehead atoms. The van der Waals surface area contributed by atoms with Gasteiger partial charge in [-0.3, -0.25) is 10.1 Å². The van der Waals surface area contributed by atoms with E-state index in [0.29, 0.717) is 16.5 Å². The van der Waals surface area contributed by atoms with Gasteiger partial charge in [0.1, 0.15) is 0 Å². The monoisotopic (exact) mass is 305 g/mol. The first-order valence-electron chi connectivity index (χ1n) is 6.22. The van der Waals surface area contributed by atoms with Crippen molar-refractivity contribution in [3.05, 3.63) is 40.9 Å². The molecule has 0 saturated heterocycles. The number of nitrogens with one attached hydrogen (secondary N) is 2. The van der Waals surface area contributed by atoms with E-state index in [2.05, 4.69) is 20.4 Å². The van der Waals surface area contributed by atoms with Crippen LogP contribution in [0.25, 0.3) is 0 Å². The van der Waals surface area contributed by atoms with Gasteiger partial charge in [-0.2, -0.15) is 0 Å². The minimum atomic E-state index is -0.377. The van der Waals surface area contributed by atoms with Gasteiger partial charge < -0.3 is 10.1 Å². The highest BCUT2D eigenvalue weighted by molar-refractivity contribution is 7.13. The molecule has 1 heterocycles. The number of hydrogen-bond acceptors (Lipinski definition) is 5. The average molecular weight is 305 g/mol. The van der Waals surface area contributed by atoms with Crippen LogP contribution in [0.3, 0.4) is 0 Å². The quantitative estimate of drug-likeness (QED) is 0.851. The Morgan fingerprint density at radius 3 is 2.62 bits per heavy atom. The lowest BCUT2D eigenvalue weighted by atomic mass is 10.2. The number of amides is 2. The van der Waals surface area contributed by atoms with Crippen molar-refractivity contribution in [3.8, 4) is 0 Å². The molecule has 0 aliphatic rings. The Hall–Kier alpha value is -2.41. The van der Waals surface area contributed by atoms with Crippen molar-refractivity contribution < 1.29 is 14.3 Å². The molecule has 2 aromatic rings. The van der Waals surface area contributed by atoms with Crippen molar-refractivity contribution in [1.82, 2.24) is 4.98 Å². The summed E-state index contributed by atoms with van der Waals surface area (Å²) >= 11 is 1.25. The zero-order valence-electron chi connectivity index (χ0n) is 11.7. The Kier molecular flexibility index (Phi) is 4.89. The van der Waals surface area contributed by atoms with E-state index in [4.69, 9.17) is 0 Å². The molecule has 0 radical (unpaired) electrons. The molecule has 0 spiro atoms. The maximum atomic E-state index is 11.8. The van der Waals surface area contributed by atoms with Gasteiger partial charge in [-0.15, -0.1) is 11.3 Å². The van der Waals surface area contributed by atoms with Gasteiger partial charge in [0.15, 0.2) is 5.13 Å². The van der Waals surface area contributed by atoms with Crippen LogP contribution in [0.1, 0.15) is 11.3 Å². The van der Waals surface area contributed by atoms with Crippen molar-refractivity contribution in [2.75, 3.05) is 17.7 Å². The highest BCUT2D eigenvalue weighted by atomic mass is 32.1. The van der Waals surface area contributed by atoms with Gasteiger partial charge in [-0.1, -0.05) is 17.7 Å². The van der Waals surface area contributed by atoms with Gasteiger partial charge in [0.05, 0.1) is 19.2 Å². The van der Waals surface area contributed by atoms with E-state index < -0.39 is 0 Å². The van der Waals surface area contributed by atoms with Crippen LogP contribution in [0.5, 0.6) is 0 Å². The third-order valence-electron chi connectivity index (χ3n) is 2.63. The molecule has 21 heavy (non-hydrogen) atoms. The Bertz CT molecular complexity index is 637. The van der Waals surface area contributed by atoms with Gasteiger partial charge in [-0.05, 0) is 19.1 Å². The molecule has 2 N–H and O–H groups in total. The molecule has 1 aromatic carbocycles. The number of urea groups is 1.